The summed E-state index contributed by atoms with van der Waals surface area (Å²) in [6, 6.07) is 23.5. The predicted octanol–water partition coefficient (Wildman–Crippen LogP) is 5.98. The first-order valence-corrected chi connectivity index (χ1v) is 11.6. The SMILES string of the molecule is CCCc1ccccc1N1C(=O)CSC1c1cccc(NC(=O)c2ccccc2C)c1. The quantitative estimate of drug-likeness (QED) is 0.523. The summed E-state index contributed by atoms with van der Waals surface area (Å²) in [6.45, 7) is 4.08. The van der Waals surface area contributed by atoms with Crippen LogP contribution in [0.2, 0.25) is 0 Å². The summed E-state index contributed by atoms with van der Waals surface area (Å²) in [5.74, 6) is 0.439. The lowest BCUT2D eigenvalue weighted by molar-refractivity contribution is -0.115. The molecular weight excluding hydrogens is 404 g/mol. The molecule has 1 aliphatic rings. The first-order valence-electron chi connectivity index (χ1n) is 10.6. The molecule has 1 heterocycles. The smallest absolute Gasteiger partial charge is 0.255 e. The lowest BCUT2D eigenvalue weighted by Crippen LogP contribution is -2.28. The van der Waals surface area contributed by atoms with Crippen LogP contribution in [0.4, 0.5) is 11.4 Å². The van der Waals surface area contributed by atoms with E-state index in [-0.39, 0.29) is 17.2 Å². The molecule has 31 heavy (non-hydrogen) atoms. The van der Waals surface area contributed by atoms with E-state index < -0.39 is 0 Å². The largest absolute Gasteiger partial charge is 0.322 e. The highest BCUT2D eigenvalue weighted by Crippen LogP contribution is 2.43. The number of hydrogen-bond donors (Lipinski definition) is 1. The van der Waals surface area contributed by atoms with Crippen LogP contribution < -0.4 is 10.2 Å². The number of nitrogens with zero attached hydrogens (tertiary/aromatic N) is 1. The molecule has 0 radical (unpaired) electrons. The van der Waals surface area contributed by atoms with Crippen LogP contribution in [-0.2, 0) is 11.2 Å². The lowest BCUT2D eigenvalue weighted by Gasteiger charge is -2.27. The van der Waals surface area contributed by atoms with Gasteiger partial charge in [-0.1, -0.05) is 61.9 Å². The topological polar surface area (TPSA) is 49.4 Å². The Bertz CT molecular complexity index is 1110. The number of carbonyl (C=O) groups is 2. The third kappa shape index (κ3) is 4.52. The Balaban J connectivity index is 1.62. The Morgan fingerprint density at radius 1 is 1.06 bits per heavy atom. The summed E-state index contributed by atoms with van der Waals surface area (Å²) in [5, 5.41) is 2.90. The number of amides is 2. The van der Waals surface area contributed by atoms with Gasteiger partial charge < -0.3 is 5.32 Å². The minimum absolute atomic E-state index is 0.110. The molecule has 1 unspecified atom stereocenters. The molecule has 1 atom stereocenters. The minimum Gasteiger partial charge on any atom is -0.322 e. The van der Waals surface area contributed by atoms with Gasteiger partial charge in [0.25, 0.3) is 5.91 Å². The second kappa shape index (κ2) is 9.40. The number of anilines is 2. The van der Waals surface area contributed by atoms with E-state index in [2.05, 4.69) is 18.3 Å². The molecule has 5 heteroatoms. The average Bonchev–Trinajstić information content (AvgIpc) is 3.16. The second-order valence-corrected chi connectivity index (χ2v) is 8.77. The van der Waals surface area contributed by atoms with Gasteiger partial charge >= 0.3 is 0 Å². The van der Waals surface area contributed by atoms with Gasteiger partial charge in [0.05, 0.1) is 5.75 Å². The molecule has 1 N–H and O–H groups in total. The molecule has 1 saturated heterocycles. The van der Waals surface area contributed by atoms with Crippen molar-refractivity contribution in [3.63, 3.8) is 0 Å². The van der Waals surface area contributed by atoms with Crippen LogP contribution in [0.5, 0.6) is 0 Å². The van der Waals surface area contributed by atoms with Crippen LogP contribution in [0.25, 0.3) is 0 Å². The number of hydrogen-bond acceptors (Lipinski definition) is 3. The van der Waals surface area contributed by atoms with Crippen molar-refractivity contribution < 1.29 is 9.59 Å². The monoisotopic (exact) mass is 430 g/mol. The first kappa shape index (κ1) is 21.2. The van der Waals surface area contributed by atoms with E-state index in [1.807, 2.05) is 78.6 Å². The Morgan fingerprint density at radius 2 is 1.84 bits per heavy atom. The Labute approximate surface area is 187 Å². The van der Waals surface area contributed by atoms with Crippen molar-refractivity contribution in [1.82, 2.24) is 0 Å². The van der Waals surface area contributed by atoms with E-state index in [1.165, 1.54) is 5.56 Å². The van der Waals surface area contributed by atoms with Crippen molar-refractivity contribution >= 4 is 35.0 Å². The first-order chi connectivity index (χ1) is 15.1. The van der Waals surface area contributed by atoms with Gasteiger partial charge in [-0.15, -0.1) is 11.8 Å². The van der Waals surface area contributed by atoms with Crippen LogP contribution in [-0.4, -0.2) is 17.6 Å². The fourth-order valence-electron chi connectivity index (χ4n) is 3.95. The van der Waals surface area contributed by atoms with Gasteiger partial charge in [-0.2, -0.15) is 0 Å². The number of benzene rings is 3. The molecule has 158 valence electrons. The minimum atomic E-state index is -0.129. The van der Waals surface area contributed by atoms with Gasteiger partial charge in [0, 0.05) is 16.9 Å². The van der Waals surface area contributed by atoms with Crippen LogP contribution in [0.15, 0.2) is 72.8 Å². The van der Waals surface area contributed by atoms with Crippen LogP contribution in [0, 0.1) is 6.92 Å². The molecule has 2 amide bonds. The summed E-state index contributed by atoms with van der Waals surface area (Å²) in [6.07, 6.45) is 1.96. The van der Waals surface area contributed by atoms with Crippen LogP contribution in [0.3, 0.4) is 0 Å². The number of para-hydroxylation sites is 1. The normalized spacial score (nSPS) is 15.9. The summed E-state index contributed by atoms with van der Waals surface area (Å²) in [7, 11) is 0. The number of nitrogens with one attached hydrogen (secondary N) is 1. The summed E-state index contributed by atoms with van der Waals surface area (Å²) < 4.78 is 0. The maximum absolute atomic E-state index is 12.8. The van der Waals surface area contributed by atoms with Crippen molar-refractivity contribution in [2.75, 3.05) is 16.0 Å². The molecule has 0 spiro atoms. The highest BCUT2D eigenvalue weighted by Gasteiger charge is 2.35. The number of thioether (sulfide) groups is 1. The van der Waals surface area contributed by atoms with Gasteiger partial charge in [-0.05, 0) is 54.3 Å². The van der Waals surface area contributed by atoms with Crippen molar-refractivity contribution in [1.29, 1.82) is 0 Å². The van der Waals surface area contributed by atoms with E-state index >= 15 is 0 Å². The third-order valence-corrected chi connectivity index (χ3v) is 6.67. The average molecular weight is 431 g/mol. The maximum Gasteiger partial charge on any atom is 0.255 e. The van der Waals surface area contributed by atoms with Crippen LogP contribution in [0.1, 0.15) is 45.8 Å². The van der Waals surface area contributed by atoms with Gasteiger partial charge in [-0.25, -0.2) is 0 Å². The molecule has 1 aliphatic heterocycles. The molecule has 3 aromatic rings. The van der Waals surface area contributed by atoms with E-state index in [4.69, 9.17) is 0 Å². The number of rotatable bonds is 6. The molecular formula is C26H26N2O2S. The predicted molar refractivity (Wildman–Crippen MR) is 129 cm³/mol. The fourth-order valence-corrected chi connectivity index (χ4v) is 5.11. The van der Waals surface area contributed by atoms with E-state index in [9.17, 15) is 9.59 Å². The molecule has 0 aliphatic carbocycles. The fraction of sp³-hybridized carbons (Fsp3) is 0.231. The zero-order valence-electron chi connectivity index (χ0n) is 17.8. The molecule has 3 aromatic carbocycles. The van der Waals surface area contributed by atoms with Crippen molar-refractivity contribution in [3.8, 4) is 0 Å². The Morgan fingerprint density at radius 3 is 2.65 bits per heavy atom. The molecule has 1 fully saturated rings. The zero-order chi connectivity index (χ0) is 21.8. The summed E-state index contributed by atoms with van der Waals surface area (Å²) >= 11 is 1.62. The Hall–Kier alpha value is -3.05. The highest BCUT2D eigenvalue weighted by atomic mass is 32.2. The van der Waals surface area contributed by atoms with Gasteiger partial charge in [0.2, 0.25) is 5.91 Å². The van der Waals surface area contributed by atoms with E-state index in [0.29, 0.717) is 11.3 Å². The van der Waals surface area contributed by atoms with Gasteiger partial charge in [0.15, 0.2) is 0 Å². The zero-order valence-corrected chi connectivity index (χ0v) is 18.6. The second-order valence-electron chi connectivity index (χ2n) is 7.70. The summed E-state index contributed by atoms with van der Waals surface area (Å²) in [5.41, 5.74) is 5.51. The number of carbonyl (C=O) groups excluding carboxylic acids is 2. The highest BCUT2D eigenvalue weighted by molar-refractivity contribution is 8.00. The van der Waals surface area contributed by atoms with E-state index in [0.717, 1.165) is 35.3 Å². The summed E-state index contributed by atoms with van der Waals surface area (Å²) in [4.78, 5) is 27.5. The standard InChI is InChI=1S/C26H26N2O2S/c1-3-9-19-11-5-7-15-23(19)28-24(29)17-31-26(28)20-12-8-13-21(16-20)27-25(30)22-14-6-4-10-18(22)2/h4-8,10-16,26H,3,9,17H2,1-2H3,(H,27,30). The molecule has 0 bridgehead atoms. The van der Waals surface area contributed by atoms with Gasteiger partial charge in [0.1, 0.15) is 5.37 Å². The molecule has 0 saturated carbocycles. The Kier molecular flexibility index (Phi) is 6.42. The maximum atomic E-state index is 12.8. The molecule has 4 rings (SSSR count). The molecule has 4 nitrogen and oxygen atoms in total. The van der Waals surface area contributed by atoms with Crippen molar-refractivity contribution in [3.05, 3.63) is 95.1 Å². The lowest BCUT2D eigenvalue weighted by atomic mass is 10.1. The molecule has 0 aromatic heterocycles. The van der Waals surface area contributed by atoms with Crippen molar-refractivity contribution in [2.45, 2.75) is 32.1 Å². The van der Waals surface area contributed by atoms with Gasteiger partial charge in [-0.3, -0.25) is 14.5 Å². The third-order valence-electron chi connectivity index (χ3n) is 5.46. The van der Waals surface area contributed by atoms with E-state index in [1.54, 1.807) is 11.8 Å². The van der Waals surface area contributed by atoms with Crippen molar-refractivity contribution in [2.24, 2.45) is 0 Å². The van der Waals surface area contributed by atoms with Crippen LogP contribution >= 0.6 is 11.8 Å². The number of aryl methyl sites for hydroxylation is 2.